The third-order valence-electron chi connectivity index (χ3n) is 2.17. The van der Waals surface area contributed by atoms with Gasteiger partial charge in [-0.3, -0.25) is 9.48 Å². The number of amides is 1. The second-order valence-corrected chi connectivity index (χ2v) is 5.63. The van der Waals surface area contributed by atoms with Gasteiger partial charge in [0, 0.05) is 24.5 Å². The first-order chi connectivity index (χ1) is 9.10. The molecule has 110 valence electrons. The van der Waals surface area contributed by atoms with E-state index in [0.717, 1.165) is 0 Å². The van der Waals surface area contributed by atoms with E-state index in [1.807, 2.05) is 20.8 Å². The van der Waals surface area contributed by atoms with Gasteiger partial charge >= 0.3 is 5.97 Å². The van der Waals surface area contributed by atoms with Gasteiger partial charge in [0.25, 0.3) is 5.91 Å². The molecule has 0 bridgehead atoms. The molecule has 0 aromatic carbocycles. The number of esters is 1. The predicted octanol–water partition coefficient (Wildman–Crippen LogP) is 1.14. The lowest BCUT2D eigenvalue weighted by molar-refractivity contribution is 0.0557. The van der Waals surface area contributed by atoms with Crippen LogP contribution in [0.2, 0.25) is 0 Å². The van der Waals surface area contributed by atoms with Crippen LogP contribution >= 0.6 is 0 Å². The first-order valence-corrected chi connectivity index (χ1v) is 6.17. The van der Waals surface area contributed by atoms with Gasteiger partial charge in [0.05, 0.1) is 0 Å². The van der Waals surface area contributed by atoms with Crippen molar-refractivity contribution in [1.29, 1.82) is 5.41 Å². The maximum atomic E-state index is 12.1. The number of hydrogen-bond donors (Lipinski definition) is 2. The normalized spacial score (nSPS) is 11.1. The molecule has 7 heteroatoms. The summed E-state index contributed by atoms with van der Waals surface area (Å²) in [6.07, 6.45) is 1.43. The highest BCUT2D eigenvalue weighted by molar-refractivity contribution is 6.04. The number of nitrogens with one attached hydrogen (secondary N) is 2. The average Bonchev–Trinajstić information content (AvgIpc) is 2.66. The number of hydrogen-bond acceptors (Lipinski definition) is 5. The lowest BCUT2D eigenvalue weighted by Gasteiger charge is -2.19. The minimum atomic E-state index is -0.663. The topological polar surface area (TPSA) is 97.1 Å². The molecule has 7 nitrogen and oxygen atoms in total. The van der Waals surface area contributed by atoms with E-state index in [9.17, 15) is 9.59 Å². The van der Waals surface area contributed by atoms with Crippen LogP contribution in [0.25, 0.3) is 0 Å². The number of carbonyl (C=O) groups is 2. The molecule has 0 unspecified atom stereocenters. The molecule has 1 aromatic rings. The van der Waals surface area contributed by atoms with E-state index in [-0.39, 0.29) is 23.6 Å². The van der Waals surface area contributed by atoms with Crippen molar-refractivity contribution in [3.8, 4) is 0 Å². The van der Waals surface area contributed by atoms with Crippen LogP contribution in [0.4, 0.5) is 0 Å². The highest BCUT2D eigenvalue weighted by Gasteiger charge is 2.25. The Morgan fingerprint density at radius 3 is 2.55 bits per heavy atom. The first kappa shape index (κ1) is 15.9. The van der Waals surface area contributed by atoms with E-state index in [4.69, 9.17) is 10.1 Å². The van der Waals surface area contributed by atoms with Crippen LogP contribution in [0.1, 0.15) is 48.5 Å². The summed E-state index contributed by atoms with van der Waals surface area (Å²) >= 11 is 0. The molecule has 2 N–H and O–H groups in total. The molecule has 1 aromatic heterocycles. The van der Waals surface area contributed by atoms with Crippen LogP contribution in [0.3, 0.4) is 0 Å². The lowest BCUT2D eigenvalue weighted by atomic mass is 10.1. The van der Waals surface area contributed by atoms with Crippen LogP contribution in [-0.2, 0) is 11.8 Å². The van der Waals surface area contributed by atoms with E-state index in [0.29, 0.717) is 0 Å². The molecule has 0 spiro atoms. The number of ether oxygens (including phenoxy) is 1. The molecule has 0 aliphatic rings. The van der Waals surface area contributed by atoms with Crippen LogP contribution in [-0.4, -0.2) is 39.5 Å². The molecule has 1 heterocycles. The predicted molar refractivity (Wildman–Crippen MR) is 74.1 cm³/mol. The Hall–Kier alpha value is -2.18. The Bertz CT molecular complexity index is 540. The highest BCUT2D eigenvalue weighted by atomic mass is 16.5. The number of aryl methyl sites for hydroxylation is 1. The first-order valence-electron chi connectivity index (χ1n) is 6.17. The number of rotatable bonds is 4. The van der Waals surface area contributed by atoms with E-state index in [2.05, 4.69) is 10.4 Å². The second kappa shape index (κ2) is 5.85. The van der Waals surface area contributed by atoms with Gasteiger partial charge in [-0.15, -0.1) is 0 Å². The van der Waals surface area contributed by atoms with Crippen molar-refractivity contribution in [3.05, 3.63) is 17.5 Å². The van der Waals surface area contributed by atoms with Crippen LogP contribution < -0.4 is 5.32 Å². The smallest absolute Gasteiger partial charge is 0.342 e. The third-order valence-corrected chi connectivity index (χ3v) is 2.17. The Morgan fingerprint density at radius 1 is 1.45 bits per heavy atom. The quantitative estimate of drug-likeness (QED) is 0.638. The third kappa shape index (κ3) is 4.49. The largest absolute Gasteiger partial charge is 0.456 e. The van der Waals surface area contributed by atoms with Crippen LogP contribution in [0, 0.1) is 5.41 Å². The number of aromatic nitrogens is 2. The molecule has 1 amide bonds. The van der Waals surface area contributed by atoms with Crippen molar-refractivity contribution in [2.24, 2.45) is 7.05 Å². The Morgan fingerprint density at radius 2 is 2.05 bits per heavy atom. The molecule has 1 rings (SSSR count). The molecule has 0 saturated carbocycles. The molecular weight excluding hydrogens is 260 g/mol. The van der Waals surface area contributed by atoms with Gasteiger partial charge in [-0.1, -0.05) is 0 Å². The van der Waals surface area contributed by atoms with E-state index in [1.54, 1.807) is 7.05 Å². The van der Waals surface area contributed by atoms with Gasteiger partial charge in [0.2, 0.25) is 0 Å². The maximum absolute atomic E-state index is 12.1. The summed E-state index contributed by atoms with van der Waals surface area (Å²) in [5.41, 5.74) is -0.0880. The highest BCUT2D eigenvalue weighted by Crippen LogP contribution is 2.10. The lowest BCUT2D eigenvalue weighted by Crippen LogP contribution is -2.41. The van der Waals surface area contributed by atoms with E-state index in [1.165, 1.54) is 17.8 Å². The van der Waals surface area contributed by atoms with Gasteiger partial charge in [-0.25, -0.2) is 4.79 Å². The summed E-state index contributed by atoms with van der Waals surface area (Å²) in [7, 11) is 1.62. The molecule has 20 heavy (non-hydrogen) atoms. The minimum Gasteiger partial charge on any atom is -0.456 e. The van der Waals surface area contributed by atoms with E-state index >= 15 is 0 Å². The summed E-state index contributed by atoms with van der Waals surface area (Å²) in [5.74, 6) is -1.10. The molecular formula is C13H20N4O3. The van der Waals surface area contributed by atoms with Crippen molar-refractivity contribution < 1.29 is 14.3 Å². The van der Waals surface area contributed by atoms with Crippen molar-refractivity contribution >= 4 is 17.6 Å². The summed E-state index contributed by atoms with van der Waals surface area (Å²) < 4.78 is 6.31. The SMILES string of the molecule is CC(=N)COC(=O)c1cn(C)nc1C(=O)NC(C)(C)C. The Balaban J connectivity index is 2.95. The monoisotopic (exact) mass is 280 g/mol. The fourth-order valence-corrected chi connectivity index (χ4v) is 1.46. The molecule has 0 aliphatic heterocycles. The molecule has 0 aliphatic carbocycles. The van der Waals surface area contributed by atoms with Crippen LogP contribution in [0.5, 0.6) is 0 Å². The second-order valence-electron chi connectivity index (χ2n) is 5.63. The Labute approximate surface area is 117 Å². The van der Waals surface area contributed by atoms with Crippen molar-refractivity contribution in [2.45, 2.75) is 33.2 Å². The van der Waals surface area contributed by atoms with Gasteiger partial charge in [0.15, 0.2) is 5.69 Å². The van der Waals surface area contributed by atoms with Crippen molar-refractivity contribution in [1.82, 2.24) is 15.1 Å². The van der Waals surface area contributed by atoms with Crippen molar-refractivity contribution in [2.75, 3.05) is 6.61 Å². The zero-order valence-electron chi connectivity index (χ0n) is 12.4. The Kier molecular flexibility index (Phi) is 4.65. The summed E-state index contributed by atoms with van der Waals surface area (Å²) in [6, 6.07) is 0. The van der Waals surface area contributed by atoms with E-state index < -0.39 is 17.4 Å². The molecule has 0 atom stereocenters. The average molecular weight is 280 g/mol. The van der Waals surface area contributed by atoms with Gasteiger partial charge in [-0.05, 0) is 27.7 Å². The van der Waals surface area contributed by atoms with Gasteiger partial charge in [-0.2, -0.15) is 5.10 Å². The van der Waals surface area contributed by atoms with Gasteiger partial charge in [0.1, 0.15) is 12.2 Å². The fraction of sp³-hybridized carbons (Fsp3) is 0.538. The zero-order valence-corrected chi connectivity index (χ0v) is 12.4. The maximum Gasteiger partial charge on any atom is 0.342 e. The summed E-state index contributed by atoms with van der Waals surface area (Å²) in [6.45, 7) is 6.94. The minimum absolute atomic E-state index is 0.0232. The molecule has 0 saturated heterocycles. The number of carbonyl (C=O) groups excluding carboxylic acids is 2. The summed E-state index contributed by atoms with van der Waals surface area (Å²) in [4.78, 5) is 24.0. The standard InChI is InChI=1S/C13H20N4O3/c1-8(14)7-20-12(19)9-6-17(5)16-10(9)11(18)15-13(2,3)4/h6,14H,7H2,1-5H3,(H,15,18). The van der Waals surface area contributed by atoms with Gasteiger partial charge < -0.3 is 15.5 Å². The summed E-state index contributed by atoms with van der Waals surface area (Å²) in [5, 5.41) is 14.0. The fourth-order valence-electron chi connectivity index (χ4n) is 1.46. The van der Waals surface area contributed by atoms with Crippen molar-refractivity contribution in [3.63, 3.8) is 0 Å². The number of nitrogens with zero attached hydrogens (tertiary/aromatic N) is 2. The molecule has 0 fully saturated rings. The van der Waals surface area contributed by atoms with Crippen LogP contribution in [0.15, 0.2) is 6.20 Å². The molecule has 0 radical (unpaired) electrons. The zero-order chi connectivity index (χ0) is 15.5.